The number of urea groups is 1. The molecule has 2 aliphatic carbocycles. The molecule has 11 heteroatoms. The molecule has 3 atom stereocenters. The van der Waals surface area contributed by atoms with E-state index in [0.717, 1.165) is 54.6 Å². The smallest absolute Gasteiger partial charge is 0.354 e. The number of alkyl halides is 1. The average Bonchev–Trinajstić information content (AvgIpc) is 3.43. The van der Waals surface area contributed by atoms with Crippen LogP contribution in [0.15, 0.2) is 21.5 Å². The summed E-state index contributed by atoms with van der Waals surface area (Å²) in [7, 11) is -3.58. The molecule has 2 amide bonds. The first kappa shape index (κ1) is 21.1. The third kappa shape index (κ3) is 3.62. The van der Waals surface area contributed by atoms with Gasteiger partial charge in [-0.25, -0.2) is 23.2 Å². The third-order valence-corrected chi connectivity index (χ3v) is 8.54. The second-order valence-corrected chi connectivity index (χ2v) is 11.1. The summed E-state index contributed by atoms with van der Waals surface area (Å²) in [5, 5.41) is 13.1. The van der Waals surface area contributed by atoms with Crippen LogP contribution in [0.2, 0.25) is 0 Å². The van der Waals surface area contributed by atoms with Crippen LogP contribution in [0.25, 0.3) is 0 Å². The molecule has 3 heterocycles. The van der Waals surface area contributed by atoms with Crippen LogP contribution in [-0.2, 0) is 42.1 Å². The van der Waals surface area contributed by atoms with Gasteiger partial charge in [-0.2, -0.15) is 5.10 Å². The second-order valence-electron chi connectivity index (χ2n) is 9.33. The monoisotopic (exact) mass is 474 g/mol. The molecule has 1 aromatic heterocycles. The summed E-state index contributed by atoms with van der Waals surface area (Å²) in [6.07, 6.45) is 4.93. The largest absolute Gasteiger partial charge is 0.475 e. The van der Waals surface area contributed by atoms with Gasteiger partial charge in [-0.15, -0.1) is 4.36 Å². The molecule has 0 spiro atoms. The fourth-order valence-corrected chi connectivity index (χ4v) is 6.44. The number of carbonyl (C=O) groups is 1. The first-order valence-corrected chi connectivity index (χ1v) is 13.1. The van der Waals surface area contributed by atoms with Gasteiger partial charge in [0.05, 0.1) is 18.8 Å². The fraction of sp³-hybridized carbons (Fsp3) is 0.545. The van der Waals surface area contributed by atoms with E-state index in [1.54, 1.807) is 4.68 Å². The lowest BCUT2D eigenvalue weighted by molar-refractivity contribution is 0.0417. The van der Waals surface area contributed by atoms with Gasteiger partial charge >= 0.3 is 6.03 Å². The van der Waals surface area contributed by atoms with Gasteiger partial charge in [0.25, 0.3) is 0 Å². The van der Waals surface area contributed by atoms with E-state index in [1.165, 1.54) is 12.6 Å². The molecule has 0 radical (unpaired) electrons. The van der Waals surface area contributed by atoms with E-state index in [4.69, 9.17) is 9.88 Å². The number of hydrogen-bond acceptors (Lipinski definition) is 5. The molecule has 176 valence electrons. The quantitative estimate of drug-likeness (QED) is 0.708. The summed E-state index contributed by atoms with van der Waals surface area (Å²) in [6.45, 7) is 3.14. The molecule has 4 aliphatic rings. The highest BCUT2D eigenvalue weighted by Gasteiger charge is 2.33. The number of nitrogens with one attached hydrogen (secondary N) is 1. The van der Waals surface area contributed by atoms with Gasteiger partial charge in [0, 0.05) is 18.5 Å². The van der Waals surface area contributed by atoms with Crippen LogP contribution in [0.5, 0.6) is 5.88 Å². The predicted molar refractivity (Wildman–Crippen MR) is 121 cm³/mol. The van der Waals surface area contributed by atoms with Crippen LogP contribution in [-0.4, -0.2) is 56.8 Å². The number of hydrogen-bond donors (Lipinski definition) is 2. The van der Waals surface area contributed by atoms with Crippen molar-refractivity contribution in [3.63, 3.8) is 0 Å². The number of aryl methyl sites for hydroxylation is 1. The van der Waals surface area contributed by atoms with Crippen LogP contribution in [0.1, 0.15) is 35.1 Å². The van der Waals surface area contributed by atoms with Crippen LogP contribution < -0.4 is 15.2 Å². The minimum atomic E-state index is -3.58. The Labute approximate surface area is 191 Å². The normalized spacial score (nSPS) is 25.3. The number of anilines is 1. The number of fused-ring (bicyclic) bond motifs is 3. The molecule has 2 unspecified atom stereocenters. The molecular weight excluding hydrogens is 447 g/mol. The summed E-state index contributed by atoms with van der Waals surface area (Å²) < 4.78 is 38.7. The number of likely N-dealkylation sites (tertiary alicyclic amines) is 1. The minimum Gasteiger partial charge on any atom is -0.475 e. The number of nitrogens with two attached hydrogens (primary N) is 1. The van der Waals surface area contributed by atoms with Crippen LogP contribution in [0.3, 0.4) is 0 Å². The van der Waals surface area contributed by atoms with Crippen LogP contribution >= 0.6 is 0 Å². The van der Waals surface area contributed by atoms with E-state index < -0.39 is 22.1 Å². The Bertz CT molecular complexity index is 1260. The molecule has 0 bridgehead atoms. The van der Waals surface area contributed by atoms with Gasteiger partial charge in [-0.3, -0.25) is 4.90 Å². The topological polar surface area (TPSA) is 115 Å². The molecule has 1 saturated heterocycles. The number of nitrogens with zero attached hydrogens (tertiary/aromatic N) is 4. The van der Waals surface area contributed by atoms with Crippen molar-refractivity contribution in [1.29, 1.82) is 0 Å². The zero-order chi connectivity index (χ0) is 22.7. The summed E-state index contributed by atoms with van der Waals surface area (Å²) in [4.78, 5) is 15.3. The first-order chi connectivity index (χ1) is 15.9. The predicted octanol–water partition coefficient (Wildman–Crippen LogP) is 2.21. The summed E-state index contributed by atoms with van der Waals surface area (Å²) in [5.41, 5.74) is 4.54. The van der Waals surface area contributed by atoms with Gasteiger partial charge in [0.2, 0.25) is 5.88 Å². The number of amides is 2. The lowest BCUT2D eigenvalue weighted by Gasteiger charge is -2.40. The van der Waals surface area contributed by atoms with Crippen LogP contribution in [0, 0.1) is 0 Å². The van der Waals surface area contributed by atoms with Gasteiger partial charge in [0.1, 0.15) is 17.7 Å². The molecule has 9 nitrogen and oxygen atoms in total. The van der Waals surface area contributed by atoms with Crippen molar-refractivity contribution in [3.05, 3.63) is 34.5 Å². The summed E-state index contributed by atoms with van der Waals surface area (Å²) >= 11 is 0. The van der Waals surface area contributed by atoms with Crippen molar-refractivity contribution in [2.75, 3.05) is 25.0 Å². The Morgan fingerprint density at radius 2 is 2.09 bits per heavy atom. The molecule has 2 aliphatic heterocycles. The second kappa shape index (κ2) is 7.78. The lowest BCUT2D eigenvalue weighted by atomic mass is 9.99. The zero-order valence-electron chi connectivity index (χ0n) is 18.3. The Morgan fingerprint density at radius 3 is 2.88 bits per heavy atom. The number of rotatable bonds is 3. The average molecular weight is 475 g/mol. The highest BCUT2D eigenvalue weighted by atomic mass is 32.2. The highest BCUT2D eigenvalue weighted by molar-refractivity contribution is 7.91. The molecule has 0 saturated carbocycles. The number of carbonyl (C=O) groups excluding carboxylic acids is 1. The molecular formula is C22H27FN6O3S. The Morgan fingerprint density at radius 1 is 1.24 bits per heavy atom. The van der Waals surface area contributed by atoms with E-state index in [0.29, 0.717) is 31.1 Å². The Hall–Kier alpha value is -2.50. The molecule has 3 N–H and O–H groups in total. The van der Waals surface area contributed by atoms with Gasteiger partial charge < -0.3 is 10.1 Å². The molecule has 1 fully saturated rings. The van der Waals surface area contributed by atoms with Crippen molar-refractivity contribution in [1.82, 2.24) is 14.7 Å². The SMILES string of the molecule is NS(=O)(=NC(=O)Nc1c2c(cc3c1C[C@@H](F)C3)CCC2)c1cnn2c1OCC(N1CCC1)C2. The number of aromatic nitrogens is 2. The molecule has 2 aromatic rings. The van der Waals surface area contributed by atoms with E-state index >= 15 is 0 Å². The number of ether oxygens (including phenoxy) is 1. The zero-order valence-corrected chi connectivity index (χ0v) is 19.1. The summed E-state index contributed by atoms with van der Waals surface area (Å²) in [5.74, 6) is 0.303. The van der Waals surface area contributed by atoms with E-state index in [2.05, 4.69) is 25.7 Å². The number of benzene rings is 1. The molecule has 33 heavy (non-hydrogen) atoms. The van der Waals surface area contributed by atoms with E-state index in [9.17, 15) is 13.4 Å². The van der Waals surface area contributed by atoms with E-state index in [1.807, 2.05) is 0 Å². The fourth-order valence-electron chi connectivity index (χ4n) is 5.44. The number of halogens is 1. The Kier molecular flexibility index (Phi) is 4.96. The minimum absolute atomic E-state index is 0.118. The Balaban J connectivity index is 1.27. The van der Waals surface area contributed by atoms with Crippen molar-refractivity contribution >= 4 is 21.6 Å². The first-order valence-electron chi connectivity index (χ1n) is 11.5. The van der Waals surface area contributed by atoms with E-state index in [-0.39, 0.29) is 17.4 Å². The standard InChI is InChI=1S/C22H27FN6O3S/c23-15-8-14-7-13-3-1-4-17(13)20(18(14)9-15)26-22(30)27-33(24,31)19-10-25-29-11-16(12-32-21(19)29)28-5-2-6-28/h7,10,15-16H,1-6,8-9,11-12H2,(H3,24,26,27,30,31)/t15-,16?,33?/m0/s1. The van der Waals surface area contributed by atoms with Crippen LogP contribution in [0.4, 0.5) is 14.9 Å². The lowest BCUT2D eigenvalue weighted by Crippen LogP contribution is -2.51. The maximum absolute atomic E-state index is 14.1. The van der Waals surface area contributed by atoms with Crippen molar-refractivity contribution in [2.45, 2.75) is 62.2 Å². The van der Waals surface area contributed by atoms with Crippen molar-refractivity contribution < 1.29 is 18.1 Å². The molecule has 6 rings (SSSR count). The van der Waals surface area contributed by atoms with Crippen molar-refractivity contribution in [3.8, 4) is 5.88 Å². The highest BCUT2D eigenvalue weighted by Crippen LogP contribution is 2.39. The van der Waals surface area contributed by atoms with Gasteiger partial charge in [-0.1, -0.05) is 6.07 Å². The maximum Gasteiger partial charge on any atom is 0.354 e. The van der Waals surface area contributed by atoms with Gasteiger partial charge in [0.15, 0.2) is 9.92 Å². The summed E-state index contributed by atoms with van der Waals surface area (Å²) in [6, 6.07) is 1.48. The third-order valence-electron chi connectivity index (χ3n) is 7.20. The van der Waals surface area contributed by atoms with Crippen molar-refractivity contribution in [2.24, 2.45) is 9.50 Å². The molecule has 1 aromatic carbocycles. The maximum atomic E-state index is 14.1. The van der Waals surface area contributed by atoms with Gasteiger partial charge in [-0.05, 0) is 61.0 Å².